The van der Waals surface area contributed by atoms with Crippen LogP contribution < -0.4 is 15.4 Å². The van der Waals surface area contributed by atoms with Crippen LogP contribution in [0, 0.1) is 0 Å². The van der Waals surface area contributed by atoms with Gasteiger partial charge in [0.15, 0.2) is 6.61 Å². The Morgan fingerprint density at radius 2 is 1.91 bits per heavy atom. The number of hydrogen-bond acceptors (Lipinski definition) is 3. The normalized spacial score (nSPS) is 16.9. The van der Waals surface area contributed by atoms with Gasteiger partial charge >= 0.3 is 12.2 Å². The van der Waals surface area contributed by atoms with Crippen LogP contribution in [-0.2, 0) is 0 Å². The van der Waals surface area contributed by atoms with Gasteiger partial charge in [-0.1, -0.05) is 25.0 Å². The highest BCUT2D eigenvalue weighted by Crippen LogP contribution is 2.29. The number of urea groups is 1. The molecule has 0 radical (unpaired) electrons. The van der Waals surface area contributed by atoms with E-state index >= 15 is 0 Å². The fourth-order valence-corrected chi connectivity index (χ4v) is 2.48. The standard InChI is InChI=1S/C15H19F3N2O3/c16-15(17,18)10-23-12-6-2-1-5-11(12)20-13(21)19-9-14(22)7-3-4-8-14/h1-2,5-6,22H,3-4,7-10H2,(H2,19,20,21). The molecule has 128 valence electrons. The van der Waals surface area contributed by atoms with E-state index in [1.54, 1.807) is 6.07 Å². The van der Waals surface area contributed by atoms with Crippen molar-refractivity contribution >= 4 is 11.7 Å². The van der Waals surface area contributed by atoms with Crippen LogP contribution in [0.4, 0.5) is 23.7 Å². The first-order valence-corrected chi connectivity index (χ1v) is 7.33. The van der Waals surface area contributed by atoms with E-state index in [-0.39, 0.29) is 18.0 Å². The highest BCUT2D eigenvalue weighted by atomic mass is 19.4. The van der Waals surface area contributed by atoms with Crippen molar-refractivity contribution in [2.75, 3.05) is 18.5 Å². The molecule has 2 rings (SSSR count). The lowest BCUT2D eigenvalue weighted by molar-refractivity contribution is -0.153. The summed E-state index contributed by atoms with van der Waals surface area (Å²) in [4.78, 5) is 11.9. The van der Waals surface area contributed by atoms with Crippen molar-refractivity contribution in [3.8, 4) is 5.75 Å². The largest absolute Gasteiger partial charge is 0.482 e. The van der Waals surface area contributed by atoms with Gasteiger partial charge in [-0.3, -0.25) is 0 Å². The Morgan fingerprint density at radius 3 is 2.57 bits per heavy atom. The Balaban J connectivity index is 1.90. The lowest BCUT2D eigenvalue weighted by Gasteiger charge is -2.22. The van der Waals surface area contributed by atoms with Crippen LogP contribution in [0.25, 0.3) is 0 Å². The van der Waals surface area contributed by atoms with Gasteiger partial charge in [0.2, 0.25) is 0 Å². The Bertz CT molecular complexity index is 543. The minimum absolute atomic E-state index is 0.0699. The van der Waals surface area contributed by atoms with Gasteiger partial charge in [0, 0.05) is 6.54 Å². The molecule has 5 nitrogen and oxygen atoms in total. The molecule has 0 spiro atoms. The van der Waals surface area contributed by atoms with Crippen LogP contribution in [-0.4, -0.2) is 36.1 Å². The number of carbonyl (C=O) groups is 1. The lowest BCUT2D eigenvalue weighted by atomic mass is 10.0. The van der Waals surface area contributed by atoms with Crippen LogP contribution in [0.15, 0.2) is 24.3 Å². The monoisotopic (exact) mass is 332 g/mol. The number of alkyl halides is 3. The third-order valence-electron chi connectivity index (χ3n) is 3.64. The molecule has 23 heavy (non-hydrogen) atoms. The summed E-state index contributed by atoms with van der Waals surface area (Å²) < 4.78 is 41.3. The zero-order chi connectivity index (χ0) is 16.9. The first-order valence-electron chi connectivity index (χ1n) is 7.33. The fourth-order valence-electron chi connectivity index (χ4n) is 2.48. The molecule has 1 aromatic rings. The highest BCUT2D eigenvalue weighted by Gasteiger charge is 2.31. The van der Waals surface area contributed by atoms with Gasteiger partial charge in [-0.2, -0.15) is 13.2 Å². The first kappa shape index (κ1) is 17.4. The number of halogens is 3. The van der Waals surface area contributed by atoms with E-state index in [0.29, 0.717) is 12.8 Å². The Hall–Kier alpha value is -1.96. The maximum absolute atomic E-state index is 12.2. The minimum atomic E-state index is -4.46. The summed E-state index contributed by atoms with van der Waals surface area (Å²) in [6, 6.07) is 5.26. The van der Waals surface area contributed by atoms with Crippen LogP contribution in [0.5, 0.6) is 5.75 Å². The molecule has 0 heterocycles. The molecule has 0 saturated heterocycles. The van der Waals surface area contributed by atoms with Crippen molar-refractivity contribution in [1.82, 2.24) is 5.32 Å². The number of aliphatic hydroxyl groups is 1. The molecule has 2 amide bonds. The molecular weight excluding hydrogens is 313 g/mol. The topological polar surface area (TPSA) is 70.6 Å². The van der Waals surface area contributed by atoms with Crippen molar-refractivity contribution < 1.29 is 27.8 Å². The number of anilines is 1. The summed E-state index contributed by atoms with van der Waals surface area (Å²) in [5.74, 6) is -0.0699. The molecule has 1 fully saturated rings. The Labute approximate surface area is 131 Å². The number of amides is 2. The van der Waals surface area contributed by atoms with E-state index in [9.17, 15) is 23.1 Å². The second-order valence-electron chi connectivity index (χ2n) is 5.64. The first-order chi connectivity index (χ1) is 10.8. The van der Waals surface area contributed by atoms with E-state index in [4.69, 9.17) is 0 Å². The zero-order valence-electron chi connectivity index (χ0n) is 12.4. The number of hydrogen-bond donors (Lipinski definition) is 3. The smallest absolute Gasteiger partial charge is 0.422 e. The maximum Gasteiger partial charge on any atom is 0.422 e. The predicted molar refractivity (Wildman–Crippen MR) is 78.4 cm³/mol. The van der Waals surface area contributed by atoms with E-state index in [1.165, 1.54) is 18.2 Å². The summed E-state index contributed by atoms with van der Waals surface area (Å²) in [7, 11) is 0. The Kier molecular flexibility index (Phi) is 5.35. The summed E-state index contributed by atoms with van der Waals surface area (Å²) in [5.41, 5.74) is -0.767. The van der Waals surface area contributed by atoms with Gasteiger partial charge in [0.1, 0.15) is 5.75 Å². The molecule has 3 N–H and O–H groups in total. The molecule has 0 atom stereocenters. The second kappa shape index (κ2) is 7.08. The average Bonchev–Trinajstić information content (AvgIpc) is 2.91. The van der Waals surface area contributed by atoms with Crippen molar-refractivity contribution in [3.63, 3.8) is 0 Å². The van der Waals surface area contributed by atoms with Crippen LogP contribution in [0.2, 0.25) is 0 Å². The van der Waals surface area contributed by atoms with Crippen LogP contribution in [0.3, 0.4) is 0 Å². The van der Waals surface area contributed by atoms with E-state index in [0.717, 1.165) is 12.8 Å². The van der Waals surface area contributed by atoms with E-state index < -0.39 is 24.4 Å². The molecule has 0 bridgehead atoms. The number of para-hydroxylation sites is 2. The van der Waals surface area contributed by atoms with Crippen molar-refractivity contribution in [1.29, 1.82) is 0 Å². The predicted octanol–water partition coefficient (Wildman–Crippen LogP) is 3.05. The molecule has 1 aliphatic carbocycles. The fraction of sp³-hybridized carbons (Fsp3) is 0.533. The lowest BCUT2D eigenvalue weighted by Crippen LogP contribution is -2.42. The van der Waals surface area contributed by atoms with Crippen molar-refractivity contribution in [2.45, 2.75) is 37.5 Å². The van der Waals surface area contributed by atoms with Crippen molar-refractivity contribution in [3.05, 3.63) is 24.3 Å². The molecule has 1 aliphatic rings. The van der Waals surface area contributed by atoms with E-state index in [1.807, 2.05) is 0 Å². The third kappa shape index (κ3) is 5.63. The molecule has 1 aromatic carbocycles. The summed E-state index contributed by atoms with van der Waals surface area (Å²) in [5, 5.41) is 15.1. The molecular formula is C15H19F3N2O3. The minimum Gasteiger partial charge on any atom is -0.482 e. The van der Waals surface area contributed by atoms with Gasteiger partial charge in [0.25, 0.3) is 0 Å². The SMILES string of the molecule is O=C(NCC1(O)CCCC1)Nc1ccccc1OCC(F)(F)F. The number of carbonyl (C=O) groups excluding carboxylic acids is 1. The molecule has 0 aromatic heterocycles. The average molecular weight is 332 g/mol. The van der Waals surface area contributed by atoms with Gasteiger partial charge in [-0.25, -0.2) is 4.79 Å². The molecule has 0 aliphatic heterocycles. The maximum atomic E-state index is 12.2. The summed E-state index contributed by atoms with van der Waals surface area (Å²) >= 11 is 0. The quantitative estimate of drug-likeness (QED) is 0.776. The van der Waals surface area contributed by atoms with Gasteiger partial charge < -0.3 is 20.5 Å². The number of nitrogens with one attached hydrogen (secondary N) is 2. The number of rotatable bonds is 5. The van der Waals surface area contributed by atoms with Gasteiger partial charge in [-0.15, -0.1) is 0 Å². The third-order valence-corrected chi connectivity index (χ3v) is 3.64. The molecule has 1 saturated carbocycles. The van der Waals surface area contributed by atoms with E-state index in [2.05, 4.69) is 15.4 Å². The zero-order valence-corrected chi connectivity index (χ0v) is 12.4. The highest BCUT2D eigenvalue weighted by molar-refractivity contribution is 5.90. The Morgan fingerprint density at radius 1 is 1.26 bits per heavy atom. The van der Waals surface area contributed by atoms with Crippen molar-refractivity contribution in [2.24, 2.45) is 0 Å². The molecule has 0 unspecified atom stereocenters. The van der Waals surface area contributed by atoms with Gasteiger partial charge in [-0.05, 0) is 25.0 Å². The van der Waals surface area contributed by atoms with Gasteiger partial charge in [0.05, 0.1) is 11.3 Å². The number of benzene rings is 1. The number of ether oxygens (including phenoxy) is 1. The molecule has 8 heteroatoms. The summed E-state index contributed by atoms with van der Waals surface area (Å²) in [6.07, 6.45) is -1.39. The summed E-state index contributed by atoms with van der Waals surface area (Å²) in [6.45, 7) is -1.34. The van der Waals surface area contributed by atoms with Crippen LogP contribution in [0.1, 0.15) is 25.7 Å². The second-order valence-corrected chi connectivity index (χ2v) is 5.64. The van der Waals surface area contributed by atoms with Crippen LogP contribution >= 0.6 is 0 Å².